The summed E-state index contributed by atoms with van der Waals surface area (Å²) in [6.45, 7) is 4.26. The number of aliphatic hydroxyl groups is 1. The highest BCUT2D eigenvalue weighted by molar-refractivity contribution is 5.85. The molecule has 1 aliphatic heterocycles. The van der Waals surface area contributed by atoms with Crippen LogP contribution in [0.15, 0.2) is 84.9 Å². The lowest BCUT2D eigenvalue weighted by Gasteiger charge is -2.25. The van der Waals surface area contributed by atoms with Gasteiger partial charge >= 0.3 is 11.9 Å². The number of carbonyl (C=O) groups is 2. The quantitative estimate of drug-likeness (QED) is 0.118. The van der Waals surface area contributed by atoms with Crippen molar-refractivity contribution in [3.8, 4) is 23.0 Å². The Morgan fingerprint density at radius 3 is 2.31 bits per heavy atom. The molecule has 0 atom stereocenters. The number of nitrogens with zero attached hydrogens (tertiary/aromatic N) is 1. The van der Waals surface area contributed by atoms with E-state index in [1.807, 2.05) is 61.5 Å². The van der Waals surface area contributed by atoms with Gasteiger partial charge in [-0.05, 0) is 84.1 Å². The Bertz CT molecular complexity index is 1900. The summed E-state index contributed by atoms with van der Waals surface area (Å²) < 4.78 is 28.4. The maximum absolute atomic E-state index is 12.1. The van der Waals surface area contributed by atoms with Crippen LogP contribution < -0.4 is 29.5 Å². The third-order valence-electron chi connectivity index (χ3n) is 8.34. The van der Waals surface area contributed by atoms with Gasteiger partial charge < -0.3 is 33.7 Å². The fourth-order valence-corrected chi connectivity index (χ4v) is 5.79. The number of ether oxygens (including phenoxy) is 5. The number of aryl methyl sites for hydroxylation is 1. The molecule has 9 heteroatoms. The number of carbonyl (C=O) groups excluding carboxylic acids is 2. The van der Waals surface area contributed by atoms with Crippen molar-refractivity contribution in [3.05, 3.63) is 112 Å². The Morgan fingerprint density at radius 1 is 0.816 bits per heavy atom. The number of fused-ring (bicyclic) bond motifs is 2. The number of esters is 2. The first kappa shape index (κ1) is 35.0. The molecule has 256 valence electrons. The molecule has 0 bridgehead atoms. The second-order valence-corrected chi connectivity index (χ2v) is 11.8. The lowest BCUT2D eigenvalue weighted by atomic mass is 9.92. The van der Waals surface area contributed by atoms with E-state index in [0.717, 1.165) is 69.0 Å². The van der Waals surface area contributed by atoms with Gasteiger partial charge in [0.1, 0.15) is 49.3 Å². The molecular weight excluding hydrogens is 622 g/mol. The Labute approximate surface area is 287 Å². The van der Waals surface area contributed by atoms with E-state index < -0.39 is 11.9 Å². The maximum atomic E-state index is 12.1. The first-order valence-corrected chi connectivity index (χ1v) is 16.4. The molecule has 0 aliphatic carbocycles. The number of methoxy groups -OCH3 is 2. The fraction of sp³-hybridized carbons (Fsp3) is 0.300. The van der Waals surface area contributed by atoms with Crippen LogP contribution in [0.25, 0.3) is 11.1 Å². The van der Waals surface area contributed by atoms with Crippen LogP contribution in [0.3, 0.4) is 0 Å². The van der Waals surface area contributed by atoms with Crippen molar-refractivity contribution in [2.45, 2.75) is 33.1 Å². The molecule has 49 heavy (non-hydrogen) atoms. The molecule has 0 saturated carbocycles. The zero-order valence-corrected chi connectivity index (χ0v) is 28.5. The molecule has 1 N–H and O–H groups in total. The van der Waals surface area contributed by atoms with E-state index >= 15 is 0 Å². The molecule has 4 aromatic rings. The number of rotatable bonds is 15. The monoisotopic (exact) mass is 665 g/mol. The SMILES string of the molecule is CCCC/C(CO)=c1\ccc2c(c1)Oc1ccccc1C=2c1cccc(OCCOc2cc(C)ccc2N(CC(=O)OC)CC(=O)OC)c1. The normalized spacial score (nSPS) is 12.2. The van der Waals surface area contributed by atoms with Crippen LogP contribution in [-0.4, -0.2) is 64.2 Å². The van der Waals surface area contributed by atoms with Gasteiger partial charge in [-0.25, -0.2) is 0 Å². The first-order valence-electron chi connectivity index (χ1n) is 16.4. The highest BCUT2D eigenvalue weighted by Crippen LogP contribution is 2.36. The molecule has 0 spiro atoms. The average molecular weight is 666 g/mol. The average Bonchev–Trinajstić information content (AvgIpc) is 3.12. The molecule has 0 fully saturated rings. The van der Waals surface area contributed by atoms with Crippen LogP contribution in [0, 0.1) is 6.92 Å². The highest BCUT2D eigenvalue weighted by atomic mass is 16.5. The number of para-hydroxylation sites is 1. The van der Waals surface area contributed by atoms with Gasteiger partial charge in [-0.15, -0.1) is 0 Å². The minimum absolute atomic E-state index is 0.0134. The Hall–Kier alpha value is -5.28. The zero-order valence-electron chi connectivity index (χ0n) is 28.5. The van der Waals surface area contributed by atoms with Crippen LogP contribution in [0.2, 0.25) is 0 Å². The molecular formula is C40H43NO8. The fourth-order valence-electron chi connectivity index (χ4n) is 5.79. The van der Waals surface area contributed by atoms with E-state index in [1.165, 1.54) is 14.2 Å². The van der Waals surface area contributed by atoms with Gasteiger partial charge in [0.15, 0.2) is 0 Å². The Morgan fingerprint density at radius 2 is 1.57 bits per heavy atom. The topological polar surface area (TPSA) is 104 Å². The summed E-state index contributed by atoms with van der Waals surface area (Å²) in [4.78, 5) is 25.8. The molecule has 4 aromatic carbocycles. The largest absolute Gasteiger partial charge is 0.490 e. The lowest BCUT2D eigenvalue weighted by Crippen LogP contribution is -2.36. The van der Waals surface area contributed by atoms with E-state index in [1.54, 1.807) is 11.0 Å². The molecule has 5 rings (SSSR count). The number of benzene rings is 4. The van der Waals surface area contributed by atoms with Crippen molar-refractivity contribution >= 4 is 28.8 Å². The summed E-state index contributed by atoms with van der Waals surface area (Å²) in [6, 6.07) is 27.6. The molecule has 9 nitrogen and oxygen atoms in total. The van der Waals surface area contributed by atoms with Gasteiger partial charge in [0.25, 0.3) is 0 Å². The van der Waals surface area contributed by atoms with Crippen molar-refractivity contribution in [2.24, 2.45) is 0 Å². The van der Waals surface area contributed by atoms with E-state index in [-0.39, 0.29) is 32.9 Å². The van der Waals surface area contributed by atoms with E-state index in [2.05, 4.69) is 31.2 Å². The third kappa shape index (κ3) is 8.61. The van der Waals surface area contributed by atoms with Gasteiger partial charge in [-0.3, -0.25) is 9.59 Å². The number of aliphatic hydroxyl groups excluding tert-OH is 1. The molecule has 1 heterocycles. The molecule has 0 saturated heterocycles. The van der Waals surface area contributed by atoms with Crippen molar-refractivity contribution in [3.63, 3.8) is 0 Å². The maximum Gasteiger partial charge on any atom is 0.325 e. The number of unbranched alkanes of at least 4 members (excludes halogenated alkanes) is 1. The van der Waals surface area contributed by atoms with Gasteiger partial charge in [0, 0.05) is 16.4 Å². The summed E-state index contributed by atoms with van der Waals surface area (Å²) >= 11 is 0. The van der Waals surface area contributed by atoms with E-state index in [4.69, 9.17) is 23.7 Å². The Balaban J connectivity index is 1.38. The summed E-state index contributed by atoms with van der Waals surface area (Å²) in [5.41, 5.74) is 5.51. The molecule has 0 unspecified atom stereocenters. The summed E-state index contributed by atoms with van der Waals surface area (Å²) in [5, 5.41) is 12.0. The summed E-state index contributed by atoms with van der Waals surface area (Å²) in [5.74, 6) is 1.71. The van der Waals surface area contributed by atoms with E-state index in [9.17, 15) is 14.7 Å². The minimum Gasteiger partial charge on any atom is -0.490 e. The van der Waals surface area contributed by atoms with Crippen molar-refractivity contribution in [1.82, 2.24) is 0 Å². The second-order valence-electron chi connectivity index (χ2n) is 11.8. The van der Waals surface area contributed by atoms with Gasteiger partial charge in [0.2, 0.25) is 0 Å². The van der Waals surface area contributed by atoms with Gasteiger partial charge in [-0.1, -0.05) is 55.8 Å². The third-order valence-corrected chi connectivity index (χ3v) is 8.34. The standard InChI is InChI=1S/C40H43NO8/c1-5-6-10-30(26-42)28-16-17-33-36(23-28)49-35-14-8-7-13-32(35)40(33)29-11-9-12-31(22-29)47-19-20-48-37-21-27(2)15-18-34(37)41(24-38(43)45-3)25-39(44)46-4/h7-9,11-18,21-23,42H,5-6,10,19-20,24-26H2,1-4H3/b30-28-. The van der Waals surface area contributed by atoms with Crippen LogP contribution in [0.5, 0.6) is 23.0 Å². The summed E-state index contributed by atoms with van der Waals surface area (Å²) in [7, 11) is 2.60. The van der Waals surface area contributed by atoms with Crippen molar-refractivity contribution in [2.75, 3.05) is 52.0 Å². The molecule has 1 aliphatic rings. The Kier molecular flexibility index (Phi) is 11.9. The predicted molar refractivity (Wildman–Crippen MR) is 189 cm³/mol. The van der Waals surface area contributed by atoms with E-state index in [0.29, 0.717) is 17.2 Å². The minimum atomic E-state index is -0.494. The van der Waals surface area contributed by atoms with Crippen LogP contribution in [0.4, 0.5) is 5.69 Å². The lowest BCUT2D eigenvalue weighted by molar-refractivity contribution is -0.140. The van der Waals surface area contributed by atoms with Crippen LogP contribution in [0.1, 0.15) is 42.9 Å². The van der Waals surface area contributed by atoms with Crippen molar-refractivity contribution in [1.29, 1.82) is 0 Å². The zero-order chi connectivity index (χ0) is 34.8. The number of hydrogen-bond donors (Lipinski definition) is 1. The van der Waals surface area contributed by atoms with Gasteiger partial charge in [-0.2, -0.15) is 0 Å². The molecule has 0 amide bonds. The number of anilines is 1. The van der Waals surface area contributed by atoms with Crippen LogP contribution >= 0.6 is 0 Å². The molecule has 0 aromatic heterocycles. The molecule has 0 radical (unpaired) electrons. The first-order chi connectivity index (χ1) is 23.8. The highest BCUT2D eigenvalue weighted by Gasteiger charge is 2.22. The smallest absolute Gasteiger partial charge is 0.325 e. The predicted octanol–water partition coefficient (Wildman–Crippen LogP) is 5.29. The van der Waals surface area contributed by atoms with Gasteiger partial charge in [0.05, 0.1) is 26.5 Å². The van der Waals surface area contributed by atoms with Crippen LogP contribution in [-0.2, 0) is 19.1 Å². The number of hydrogen-bond acceptors (Lipinski definition) is 9. The van der Waals surface area contributed by atoms with Crippen molar-refractivity contribution < 1.29 is 38.4 Å². The second kappa shape index (κ2) is 16.7. The summed E-state index contributed by atoms with van der Waals surface area (Å²) in [6.07, 6.45) is 2.91.